The van der Waals surface area contributed by atoms with Crippen LogP contribution in [0.15, 0.2) is 6.20 Å². The van der Waals surface area contributed by atoms with Crippen LogP contribution in [0.2, 0.25) is 0 Å². The molecule has 1 aromatic rings. The van der Waals surface area contributed by atoms with Crippen LogP contribution in [0.4, 0.5) is 0 Å². The molecule has 0 spiro atoms. The SMILES string of the molecule is CCc1cnc(CCNC(=O)C2CCCN2)s1. The first-order valence-corrected chi connectivity index (χ1v) is 7.06. The summed E-state index contributed by atoms with van der Waals surface area (Å²) < 4.78 is 0. The zero-order chi connectivity index (χ0) is 12.1. The quantitative estimate of drug-likeness (QED) is 0.826. The van der Waals surface area contributed by atoms with Gasteiger partial charge >= 0.3 is 0 Å². The van der Waals surface area contributed by atoms with Gasteiger partial charge in [-0.05, 0) is 25.8 Å². The zero-order valence-electron chi connectivity index (χ0n) is 10.2. The van der Waals surface area contributed by atoms with Crippen LogP contribution >= 0.6 is 11.3 Å². The number of nitrogens with one attached hydrogen (secondary N) is 2. The predicted molar refractivity (Wildman–Crippen MR) is 69.2 cm³/mol. The number of nitrogens with zero attached hydrogens (tertiary/aromatic N) is 1. The normalized spacial score (nSPS) is 19.5. The smallest absolute Gasteiger partial charge is 0.237 e. The molecule has 1 atom stereocenters. The van der Waals surface area contributed by atoms with Crippen molar-refractivity contribution in [1.29, 1.82) is 0 Å². The average Bonchev–Trinajstić information content (AvgIpc) is 3.00. The van der Waals surface area contributed by atoms with Crippen LogP contribution in [0.1, 0.15) is 29.7 Å². The Balaban J connectivity index is 1.69. The van der Waals surface area contributed by atoms with Gasteiger partial charge in [0, 0.05) is 24.0 Å². The van der Waals surface area contributed by atoms with Gasteiger partial charge in [0.1, 0.15) is 0 Å². The molecule has 1 unspecified atom stereocenters. The highest BCUT2D eigenvalue weighted by molar-refractivity contribution is 7.11. The summed E-state index contributed by atoms with van der Waals surface area (Å²) in [4.78, 5) is 17.3. The molecule has 1 aromatic heterocycles. The number of aromatic nitrogens is 1. The molecule has 2 rings (SSSR count). The number of hydrogen-bond acceptors (Lipinski definition) is 4. The fraction of sp³-hybridized carbons (Fsp3) is 0.667. The lowest BCUT2D eigenvalue weighted by atomic mass is 10.2. The number of carbonyl (C=O) groups excluding carboxylic acids is 1. The first kappa shape index (κ1) is 12.5. The van der Waals surface area contributed by atoms with Gasteiger partial charge < -0.3 is 10.6 Å². The van der Waals surface area contributed by atoms with Crippen LogP contribution in [0.3, 0.4) is 0 Å². The maximum absolute atomic E-state index is 11.7. The molecule has 94 valence electrons. The first-order valence-electron chi connectivity index (χ1n) is 6.24. The largest absolute Gasteiger partial charge is 0.354 e. The van der Waals surface area contributed by atoms with Crippen molar-refractivity contribution in [3.05, 3.63) is 16.1 Å². The summed E-state index contributed by atoms with van der Waals surface area (Å²) in [6.07, 6.45) is 5.87. The van der Waals surface area contributed by atoms with Gasteiger partial charge in [-0.3, -0.25) is 4.79 Å². The predicted octanol–water partition coefficient (Wildman–Crippen LogP) is 1.12. The Morgan fingerprint density at radius 2 is 2.59 bits per heavy atom. The summed E-state index contributed by atoms with van der Waals surface area (Å²) in [7, 11) is 0. The Hall–Kier alpha value is -0.940. The van der Waals surface area contributed by atoms with Gasteiger partial charge in [0.25, 0.3) is 0 Å². The van der Waals surface area contributed by atoms with Crippen LogP contribution in [0.25, 0.3) is 0 Å². The molecule has 4 nitrogen and oxygen atoms in total. The van der Waals surface area contributed by atoms with Crippen molar-refractivity contribution in [3.63, 3.8) is 0 Å². The van der Waals surface area contributed by atoms with Crippen molar-refractivity contribution >= 4 is 17.2 Å². The molecular weight excluding hydrogens is 234 g/mol. The van der Waals surface area contributed by atoms with Crippen molar-refractivity contribution in [1.82, 2.24) is 15.6 Å². The van der Waals surface area contributed by atoms with E-state index in [9.17, 15) is 4.79 Å². The highest BCUT2D eigenvalue weighted by Crippen LogP contribution is 2.13. The number of carbonyl (C=O) groups is 1. The van der Waals surface area contributed by atoms with Crippen LogP contribution in [-0.4, -0.2) is 30.0 Å². The summed E-state index contributed by atoms with van der Waals surface area (Å²) in [5, 5.41) is 7.27. The van der Waals surface area contributed by atoms with Gasteiger partial charge in [-0.1, -0.05) is 6.92 Å². The standard InChI is InChI=1S/C12H19N3OS/c1-2-9-8-15-11(17-9)5-7-14-12(16)10-4-3-6-13-10/h8,10,13H,2-7H2,1H3,(H,14,16). The van der Waals surface area contributed by atoms with E-state index in [4.69, 9.17) is 0 Å². The molecule has 1 amide bonds. The molecule has 1 fully saturated rings. The van der Waals surface area contributed by atoms with Gasteiger partial charge in [0.2, 0.25) is 5.91 Å². The molecule has 2 N–H and O–H groups in total. The second kappa shape index (κ2) is 6.12. The third-order valence-corrected chi connectivity index (χ3v) is 4.17. The number of amides is 1. The number of hydrogen-bond donors (Lipinski definition) is 2. The average molecular weight is 253 g/mol. The number of rotatable bonds is 5. The van der Waals surface area contributed by atoms with Crippen molar-refractivity contribution < 1.29 is 4.79 Å². The lowest BCUT2D eigenvalue weighted by Crippen LogP contribution is -2.41. The molecule has 2 heterocycles. The Morgan fingerprint density at radius 1 is 1.71 bits per heavy atom. The molecule has 1 aliphatic heterocycles. The second-order valence-electron chi connectivity index (χ2n) is 4.26. The second-order valence-corrected chi connectivity index (χ2v) is 5.46. The third-order valence-electron chi connectivity index (χ3n) is 2.96. The van der Waals surface area contributed by atoms with Gasteiger partial charge in [-0.25, -0.2) is 4.98 Å². The van der Waals surface area contributed by atoms with E-state index < -0.39 is 0 Å². The number of thiazole rings is 1. The maximum atomic E-state index is 11.7. The lowest BCUT2D eigenvalue weighted by molar-refractivity contribution is -0.122. The van der Waals surface area contributed by atoms with Crippen molar-refractivity contribution in [3.8, 4) is 0 Å². The zero-order valence-corrected chi connectivity index (χ0v) is 11.0. The molecule has 0 aromatic carbocycles. The van der Waals surface area contributed by atoms with Gasteiger partial charge in [0.15, 0.2) is 0 Å². The monoisotopic (exact) mass is 253 g/mol. The van der Waals surface area contributed by atoms with E-state index in [0.29, 0.717) is 6.54 Å². The van der Waals surface area contributed by atoms with Crippen molar-refractivity contribution in [2.24, 2.45) is 0 Å². The van der Waals surface area contributed by atoms with Gasteiger partial charge in [-0.2, -0.15) is 0 Å². The molecule has 1 saturated heterocycles. The minimum absolute atomic E-state index is 0.0255. The van der Waals surface area contributed by atoms with Crippen molar-refractivity contribution in [2.75, 3.05) is 13.1 Å². The molecule has 0 radical (unpaired) electrons. The van der Waals surface area contributed by atoms with Gasteiger partial charge in [-0.15, -0.1) is 11.3 Å². The minimum atomic E-state index is 0.0255. The van der Waals surface area contributed by atoms with Gasteiger partial charge in [0.05, 0.1) is 11.0 Å². The summed E-state index contributed by atoms with van der Waals surface area (Å²) in [6.45, 7) is 3.78. The molecule has 0 aliphatic carbocycles. The highest BCUT2D eigenvalue weighted by Gasteiger charge is 2.21. The maximum Gasteiger partial charge on any atom is 0.237 e. The molecule has 5 heteroatoms. The van der Waals surface area contributed by atoms with E-state index in [2.05, 4.69) is 22.5 Å². The molecule has 0 saturated carbocycles. The fourth-order valence-corrected chi connectivity index (χ4v) is 2.81. The van der Waals surface area contributed by atoms with Crippen LogP contribution in [-0.2, 0) is 17.6 Å². The summed E-state index contributed by atoms with van der Waals surface area (Å²) >= 11 is 1.74. The minimum Gasteiger partial charge on any atom is -0.354 e. The van der Waals surface area contributed by atoms with Crippen LogP contribution < -0.4 is 10.6 Å². The third kappa shape index (κ3) is 3.51. The van der Waals surface area contributed by atoms with E-state index in [1.807, 2.05) is 6.20 Å². The first-order chi connectivity index (χ1) is 8.29. The summed E-state index contributed by atoms with van der Waals surface area (Å²) in [5.74, 6) is 0.134. The van der Waals surface area contributed by atoms with Crippen LogP contribution in [0.5, 0.6) is 0 Å². The van der Waals surface area contributed by atoms with E-state index in [-0.39, 0.29) is 11.9 Å². The molecule has 1 aliphatic rings. The summed E-state index contributed by atoms with van der Waals surface area (Å²) in [6, 6.07) is 0.0255. The Bertz CT molecular complexity index is 372. The Kier molecular flexibility index (Phi) is 4.50. The molecular formula is C12H19N3OS. The van der Waals surface area contributed by atoms with E-state index >= 15 is 0 Å². The molecule has 17 heavy (non-hydrogen) atoms. The van der Waals surface area contributed by atoms with E-state index in [1.165, 1.54) is 4.88 Å². The summed E-state index contributed by atoms with van der Waals surface area (Å²) in [5.41, 5.74) is 0. The van der Waals surface area contributed by atoms with E-state index in [0.717, 1.165) is 37.2 Å². The highest BCUT2D eigenvalue weighted by atomic mass is 32.1. The van der Waals surface area contributed by atoms with Crippen LogP contribution in [0, 0.1) is 0 Å². The molecule has 0 bridgehead atoms. The topological polar surface area (TPSA) is 54.0 Å². The van der Waals surface area contributed by atoms with Crippen molar-refractivity contribution in [2.45, 2.75) is 38.6 Å². The fourth-order valence-electron chi connectivity index (χ4n) is 1.95. The Morgan fingerprint density at radius 3 is 3.24 bits per heavy atom. The van der Waals surface area contributed by atoms with E-state index in [1.54, 1.807) is 11.3 Å². The lowest BCUT2D eigenvalue weighted by Gasteiger charge is -2.09. The Labute approximate surface area is 106 Å². The number of aryl methyl sites for hydroxylation is 1.